The number of ketones is 1. The van der Waals surface area contributed by atoms with Crippen molar-refractivity contribution >= 4 is 46.0 Å². The standard InChI is InChI=1S/C16H14ClN3O2/c1-4-11-13(17)10-7-5-6-8-12(10)20(11)14-15(21)9(2)18-19(3)16(14)22/h4-8,14H,1H2,2-3H3. The average Bonchev–Trinajstić information content (AvgIpc) is 2.79. The topological polar surface area (TPSA) is 54.7 Å². The number of hydrogen-bond acceptors (Lipinski definition) is 3. The summed E-state index contributed by atoms with van der Waals surface area (Å²) in [7, 11) is 1.53. The number of carbonyl (C=O) groups is 2. The highest BCUT2D eigenvalue weighted by atomic mass is 35.5. The number of benzene rings is 1. The van der Waals surface area contributed by atoms with Crippen LogP contribution < -0.4 is 0 Å². The predicted molar refractivity (Wildman–Crippen MR) is 87.0 cm³/mol. The van der Waals surface area contributed by atoms with Gasteiger partial charge >= 0.3 is 0 Å². The van der Waals surface area contributed by atoms with Gasteiger partial charge in [-0.15, -0.1) is 0 Å². The maximum absolute atomic E-state index is 12.5. The number of hydrogen-bond donors (Lipinski definition) is 0. The average molecular weight is 316 g/mol. The van der Waals surface area contributed by atoms with Gasteiger partial charge in [-0.3, -0.25) is 9.59 Å². The van der Waals surface area contributed by atoms with E-state index < -0.39 is 11.9 Å². The third-order valence-electron chi connectivity index (χ3n) is 3.79. The monoisotopic (exact) mass is 315 g/mol. The molecule has 0 saturated heterocycles. The van der Waals surface area contributed by atoms with Gasteiger partial charge in [0.15, 0.2) is 6.04 Å². The van der Waals surface area contributed by atoms with Crippen LogP contribution in [0.5, 0.6) is 0 Å². The summed E-state index contributed by atoms with van der Waals surface area (Å²) in [5.41, 5.74) is 1.56. The zero-order chi connectivity index (χ0) is 16.0. The summed E-state index contributed by atoms with van der Waals surface area (Å²) >= 11 is 6.39. The van der Waals surface area contributed by atoms with E-state index >= 15 is 0 Å². The van der Waals surface area contributed by atoms with Crippen molar-refractivity contribution in [3.63, 3.8) is 0 Å². The van der Waals surface area contributed by atoms with Crippen molar-refractivity contribution < 1.29 is 9.59 Å². The lowest BCUT2D eigenvalue weighted by molar-refractivity contribution is -0.138. The van der Waals surface area contributed by atoms with E-state index in [1.165, 1.54) is 12.1 Å². The number of amides is 1. The molecule has 2 aromatic rings. The third-order valence-corrected chi connectivity index (χ3v) is 4.19. The lowest BCUT2D eigenvalue weighted by atomic mass is 10.1. The molecule has 0 spiro atoms. The van der Waals surface area contributed by atoms with E-state index in [4.69, 9.17) is 11.6 Å². The van der Waals surface area contributed by atoms with Crippen LogP contribution >= 0.6 is 11.6 Å². The summed E-state index contributed by atoms with van der Waals surface area (Å²) in [5, 5.41) is 6.39. The number of para-hydroxylation sites is 1. The zero-order valence-corrected chi connectivity index (χ0v) is 13.0. The van der Waals surface area contributed by atoms with Crippen molar-refractivity contribution in [1.82, 2.24) is 9.58 Å². The Bertz CT molecular complexity index is 850. The number of hydrazone groups is 1. The molecule has 1 aromatic heterocycles. The number of Topliss-reactive ketones (excluding diaryl/α,β-unsaturated/α-hetero) is 1. The molecule has 1 aromatic carbocycles. The Labute approximate surface area is 132 Å². The van der Waals surface area contributed by atoms with Crippen LogP contribution in [0.25, 0.3) is 17.0 Å². The van der Waals surface area contributed by atoms with Crippen LogP contribution in [0.3, 0.4) is 0 Å². The molecule has 0 N–H and O–H groups in total. The minimum Gasteiger partial charge on any atom is -0.320 e. The van der Waals surface area contributed by atoms with E-state index in [2.05, 4.69) is 11.7 Å². The van der Waals surface area contributed by atoms with Gasteiger partial charge in [-0.2, -0.15) is 5.10 Å². The van der Waals surface area contributed by atoms with Gasteiger partial charge in [0.2, 0.25) is 5.78 Å². The Balaban J connectivity index is 2.35. The maximum Gasteiger partial charge on any atom is 0.273 e. The molecule has 1 atom stereocenters. The van der Waals surface area contributed by atoms with Crippen molar-refractivity contribution in [2.45, 2.75) is 13.0 Å². The van der Waals surface area contributed by atoms with Crippen LogP contribution in [-0.4, -0.2) is 34.0 Å². The van der Waals surface area contributed by atoms with E-state index in [1.807, 2.05) is 24.3 Å². The Kier molecular flexibility index (Phi) is 3.37. The van der Waals surface area contributed by atoms with Crippen LogP contribution in [0.4, 0.5) is 0 Å². The summed E-state index contributed by atoms with van der Waals surface area (Å²) in [4.78, 5) is 25.0. The van der Waals surface area contributed by atoms with Crippen LogP contribution in [0.2, 0.25) is 5.02 Å². The summed E-state index contributed by atoms with van der Waals surface area (Å²) in [6, 6.07) is 6.37. The first-order chi connectivity index (χ1) is 10.5. The van der Waals surface area contributed by atoms with Crippen LogP contribution in [-0.2, 0) is 9.59 Å². The first-order valence-electron chi connectivity index (χ1n) is 6.75. The lowest BCUT2D eigenvalue weighted by Gasteiger charge is -2.27. The summed E-state index contributed by atoms with van der Waals surface area (Å²) in [6.45, 7) is 5.36. The van der Waals surface area contributed by atoms with E-state index in [0.29, 0.717) is 10.7 Å². The SMILES string of the molecule is C=Cc1c(Cl)c2ccccc2n1C1C(=O)C(C)=NN(C)C1=O. The number of carbonyl (C=O) groups excluding carboxylic acids is 2. The quantitative estimate of drug-likeness (QED) is 0.800. The Morgan fingerprint density at radius 2 is 2.00 bits per heavy atom. The Morgan fingerprint density at radius 3 is 2.68 bits per heavy atom. The van der Waals surface area contributed by atoms with Gasteiger partial charge in [-0.1, -0.05) is 36.4 Å². The Morgan fingerprint density at radius 1 is 1.32 bits per heavy atom. The van der Waals surface area contributed by atoms with Gasteiger partial charge in [0.25, 0.3) is 5.91 Å². The van der Waals surface area contributed by atoms with Crippen LogP contribution in [0.15, 0.2) is 35.9 Å². The van der Waals surface area contributed by atoms with Gasteiger partial charge in [-0.05, 0) is 19.1 Å². The molecular weight excluding hydrogens is 302 g/mol. The Hall–Kier alpha value is -2.40. The molecule has 0 bridgehead atoms. The summed E-state index contributed by atoms with van der Waals surface area (Å²) in [5.74, 6) is -0.722. The molecule has 1 aliphatic heterocycles. The van der Waals surface area contributed by atoms with Gasteiger partial charge in [-0.25, -0.2) is 5.01 Å². The fourth-order valence-electron chi connectivity index (χ4n) is 2.75. The van der Waals surface area contributed by atoms with Gasteiger partial charge in [0, 0.05) is 12.4 Å². The van der Waals surface area contributed by atoms with Crippen molar-refractivity contribution in [3.05, 3.63) is 41.6 Å². The van der Waals surface area contributed by atoms with Gasteiger partial charge in [0.1, 0.15) is 5.71 Å². The molecule has 1 unspecified atom stereocenters. The van der Waals surface area contributed by atoms with Crippen molar-refractivity contribution in [1.29, 1.82) is 0 Å². The lowest BCUT2D eigenvalue weighted by Crippen LogP contribution is -2.43. The largest absolute Gasteiger partial charge is 0.320 e. The molecule has 0 fully saturated rings. The van der Waals surface area contributed by atoms with Gasteiger partial charge < -0.3 is 4.57 Å². The fraction of sp³-hybridized carbons (Fsp3) is 0.188. The number of rotatable bonds is 2. The summed E-state index contributed by atoms with van der Waals surface area (Å²) in [6.07, 6.45) is 1.56. The van der Waals surface area contributed by atoms with Crippen LogP contribution in [0.1, 0.15) is 18.7 Å². The second kappa shape index (κ2) is 5.10. The first kappa shape index (κ1) is 14.5. The molecule has 1 aliphatic rings. The molecule has 0 radical (unpaired) electrons. The molecule has 3 rings (SSSR count). The third kappa shape index (κ3) is 1.89. The summed E-state index contributed by atoms with van der Waals surface area (Å²) < 4.78 is 1.64. The highest BCUT2D eigenvalue weighted by Crippen LogP contribution is 2.35. The molecule has 112 valence electrons. The maximum atomic E-state index is 12.5. The minimum atomic E-state index is -1.01. The molecule has 6 heteroatoms. The number of likely N-dealkylation sites (N-methyl/N-ethyl adjacent to an activating group) is 1. The molecule has 2 heterocycles. The normalized spacial score (nSPS) is 18.8. The second-order valence-electron chi connectivity index (χ2n) is 5.10. The van der Waals surface area contributed by atoms with Crippen LogP contribution in [0, 0.1) is 0 Å². The number of aromatic nitrogens is 1. The number of halogens is 1. The van der Waals surface area contributed by atoms with E-state index in [9.17, 15) is 9.59 Å². The number of fused-ring (bicyclic) bond motifs is 1. The molecule has 22 heavy (non-hydrogen) atoms. The highest BCUT2D eigenvalue weighted by Gasteiger charge is 2.38. The van der Waals surface area contributed by atoms with Crippen molar-refractivity contribution in [2.75, 3.05) is 7.05 Å². The molecule has 5 nitrogen and oxygen atoms in total. The molecule has 1 amide bonds. The fourth-order valence-corrected chi connectivity index (χ4v) is 3.08. The molecule has 0 saturated carbocycles. The second-order valence-corrected chi connectivity index (χ2v) is 5.48. The first-order valence-corrected chi connectivity index (χ1v) is 7.13. The molecule has 0 aliphatic carbocycles. The minimum absolute atomic E-state index is 0.288. The predicted octanol–water partition coefficient (Wildman–Crippen LogP) is 2.90. The van der Waals surface area contributed by atoms with Crippen molar-refractivity contribution in [3.8, 4) is 0 Å². The van der Waals surface area contributed by atoms with Crippen molar-refractivity contribution in [2.24, 2.45) is 5.10 Å². The smallest absolute Gasteiger partial charge is 0.273 e. The van der Waals surface area contributed by atoms with E-state index in [1.54, 1.807) is 17.6 Å². The highest BCUT2D eigenvalue weighted by molar-refractivity contribution is 6.45. The zero-order valence-electron chi connectivity index (χ0n) is 12.2. The van der Waals surface area contributed by atoms with E-state index in [0.717, 1.165) is 10.9 Å². The number of nitrogens with zero attached hydrogens (tertiary/aromatic N) is 3. The van der Waals surface area contributed by atoms with Gasteiger partial charge in [0.05, 0.1) is 16.2 Å². The van der Waals surface area contributed by atoms with E-state index in [-0.39, 0.29) is 11.5 Å². The molecular formula is C16H14ClN3O2.